The summed E-state index contributed by atoms with van der Waals surface area (Å²) in [6.07, 6.45) is 2.29. The van der Waals surface area contributed by atoms with Crippen LogP contribution in [0.15, 0.2) is 91.0 Å². The highest BCUT2D eigenvalue weighted by Gasteiger charge is 2.41. The summed E-state index contributed by atoms with van der Waals surface area (Å²) in [5, 5.41) is 0. The molecule has 4 heteroatoms. The van der Waals surface area contributed by atoms with Gasteiger partial charge in [-0.15, -0.1) is 0 Å². The molecule has 1 fully saturated rings. The van der Waals surface area contributed by atoms with Crippen molar-refractivity contribution >= 4 is 7.14 Å². The maximum absolute atomic E-state index is 13.4. The molecule has 0 spiro atoms. The average molecular weight is 391 g/mol. The molecule has 1 unspecified atom stereocenters. The van der Waals surface area contributed by atoms with E-state index >= 15 is 0 Å². The summed E-state index contributed by atoms with van der Waals surface area (Å²) in [5.74, 6) is 0. The minimum absolute atomic E-state index is 0.0222. The lowest BCUT2D eigenvalue weighted by atomic mass is 9.80. The van der Waals surface area contributed by atoms with Gasteiger partial charge in [-0.25, -0.2) is 0 Å². The molecular weight excluding hydrogens is 365 g/mol. The van der Waals surface area contributed by atoms with E-state index in [0.29, 0.717) is 12.3 Å². The van der Waals surface area contributed by atoms with E-state index in [1.165, 1.54) is 0 Å². The van der Waals surface area contributed by atoms with Gasteiger partial charge in [-0.3, -0.25) is 0 Å². The first-order chi connectivity index (χ1) is 13.6. The zero-order valence-electron chi connectivity index (χ0n) is 15.9. The molecule has 0 amide bonds. The first-order valence-corrected chi connectivity index (χ1v) is 12.0. The van der Waals surface area contributed by atoms with Crippen molar-refractivity contribution in [3.63, 3.8) is 0 Å². The van der Waals surface area contributed by atoms with Gasteiger partial charge in [-0.1, -0.05) is 91.0 Å². The van der Waals surface area contributed by atoms with Crippen molar-refractivity contribution in [2.24, 2.45) is 5.73 Å². The summed E-state index contributed by atoms with van der Waals surface area (Å²) in [6.45, 7) is 0. The molecule has 0 aliphatic carbocycles. The molecule has 1 aliphatic rings. The minimum Gasteiger partial charge on any atom is -0.353 e. The van der Waals surface area contributed by atoms with Crippen LogP contribution in [0.4, 0.5) is 0 Å². The van der Waals surface area contributed by atoms with E-state index < -0.39 is 12.7 Å². The van der Waals surface area contributed by atoms with E-state index in [9.17, 15) is 4.57 Å². The molecule has 3 aromatic carbocycles. The van der Waals surface area contributed by atoms with Crippen molar-refractivity contribution < 1.29 is 9.30 Å². The van der Waals surface area contributed by atoms with Crippen molar-refractivity contribution in [2.45, 2.75) is 18.1 Å². The van der Waals surface area contributed by atoms with Crippen LogP contribution in [0.5, 0.6) is 0 Å². The molecule has 3 aromatic rings. The van der Waals surface area contributed by atoms with Crippen molar-refractivity contribution in [1.82, 2.24) is 0 Å². The van der Waals surface area contributed by atoms with Gasteiger partial charge >= 0.3 is 0 Å². The van der Waals surface area contributed by atoms with E-state index in [-0.39, 0.29) is 12.4 Å². The number of hydrogen-bond donors (Lipinski definition) is 1. The van der Waals surface area contributed by atoms with E-state index in [1.54, 1.807) is 0 Å². The summed E-state index contributed by atoms with van der Waals surface area (Å²) in [5.41, 5.74) is 8.33. The van der Waals surface area contributed by atoms with E-state index in [4.69, 9.17) is 10.5 Å². The predicted molar refractivity (Wildman–Crippen MR) is 115 cm³/mol. The fourth-order valence-corrected chi connectivity index (χ4v) is 6.80. The van der Waals surface area contributed by atoms with E-state index in [2.05, 4.69) is 36.4 Å². The Bertz CT molecular complexity index is 847. The van der Waals surface area contributed by atoms with Crippen LogP contribution in [0.25, 0.3) is 0 Å². The summed E-state index contributed by atoms with van der Waals surface area (Å²) >= 11 is 0. The Labute approximate surface area is 166 Å². The third-order valence-corrected chi connectivity index (χ3v) is 8.34. The lowest BCUT2D eigenvalue weighted by Gasteiger charge is -2.36. The molecule has 1 saturated heterocycles. The molecule has 3 nitrogen and oxygen atoms in total. The van der Waals surface area contributed by atoms with Gasteiger partial charge in [0.2, 0.25) is 0 Å². The molecule has 0 aromatic heterocycles. The molecule has 2 N–H and O–H groups in total. The fraction of sp³-hybridized carbons (Fsp3) is 0.250. The lowest BCUT2D eigenvalue weighted by Crippen LogP contribution is -2.33. The Hall–Kier alpha value is -2.19. The standard InChI is InChI=1S/C24H26NO2P/c25-23-16-17-28(26,18-23)19-27-24(20-10-4-1-5-11-20,21-12-6-2-7-13-21)22-14-8-3-9-15-22/h1-15,23H,16-19,25H2/t23-,28?/m1/s1. The second-order valence-corrected chi connectivity index (χ2v) is 10.8. The van der Waals surface area contributed by atoms with Crippen molar-refractivity contribution in [1.29, 1.82) is 0 Å². The Morgan fingerprint density at radius 3 is 1.61 bits per heavy atom. The normalized spacial score (nSPS) is 22.2. The van der Waals surface area contributed by atoms with Gasteiger partial charge in [0.25, 0.3) is 0 Å². The molecule has 0 radical (unpaired) electrons. The van der Waals surface area contributed by atoms with Crippen LogP contribution in [-0.2, 0) is 14.9 Å². The van der Waals surface area contributed by atoms with Gasteiger partial charge in [-0.2, -0.15) is 0 Å². The smallest absolute Gasteiger partial charge is 0.144 e. The Morgan fingerprint density at radius 2 is 1.25 bits per heavy atom. The first-order valence-electron chi connectivity index (χ1n) is 9.76. The van der Waals surface area contributed by atoms with Gasteiger partial charge in [0.15, 0.2) is 0 Å². The van der Waals surface area contributed by atoms with Gasteiger partial charge in [0.05, 0.1) is 0 Å². The molecule has 144 valence electrons. The molecular formula is C24H26NO2P. The highest BCUT2D eigenvalue weighted by molar-refractivity contribution is 7.64. The monoisotopic (exact) mass is 391 g/mol. The quantitative estimate of drug-likeness (QED) is 0.473. The van der Waals surface area contributed by atoms with Crippen molar-refractivity contribution in [3.8, 4) is 0 Å². The molecule has 0 saturated carbocycles. The maximum Gasteiger partial charge on any atom is 0.144 e. The Balaban J connectivity index is 1.85. The predicted octanol–water partition coefficient (Wildman–Crippen LogP) is 5.05. The van der Waals surface area contributed by atoms with Crippen LogP contribution in [-0.4, -0.2) is 24.7 Å². The minimum atomic E-state index is -2.43. The van der Waals surface area contributed by atoms with Crippen LogP contribution in [0, 0.1) is 0 Å². The summed E-state index contributed by atoms with van der Waals surface area (Å²) in [6, 6.07) is 30.6. The van der Waals surface area contributed by atoms with E-state index in [0.717, 1.165) is 23.1 Å². The Morgan fingerprint density at radius 1 is 0.821 bits per heavy atom. The fourth-order valence-electron chi connectivity index (χ4n) is 4.11. The van der Waals surface area contributed by atoms with Crippen LogP contribution in [0.3, 0.4) is 0 Å². The second kappa shape index (κ2) is 8.05. The molecule has 1 aliphatic heterocycles. The van der Waals surface area contributed by atoms with Crippen LogP contribution in [0.2, 0.25) is 0 Å². The highest BCUT2D eigenvalue weighted by Crippen LogP contribution is 2.54. The van der Waals surface area contributed by atoms with Gasteiger partial charge in [0.1, 0.15) is 19.1 Å². The summed E-state index contributed by atoms with van der Waals surface area (Å²) < 4.78 is 20.1. The summed E-state index contributed by atoms with van der Waals surface area (Å²) in [4.78, 5) is 0. The topological polar surface area (TPSA) is 52.3 Å². The average Bonchev–Trinajstić information content (AvgIpc) is 3.10. The van der Waals surface area contributed by atoms with Crippen LogP contribution >= 0.6 is 7.14 Å². The molecule has 2 atom stereocenters. The lowest BCUT2D eigenvalue weighted by molar-refractivity contribution is 0.0424. The molecule has 1 heterocycles. The highest BCUT2D eigenvalue weighted by atomic mass is 31.2. The van der Waals surface area contributed by atoms with Crippen molar-refractivity contribution in [3.05, 3.63) is 108 Å². The van der Waals surface area contributed by atoms with Crippen LogP contribution < -0.4 is 5.73 Å². The number of hydrogen-bond acceptors (Lipinski definition) is 3. The number of benzene rings is 3. The summed E-state index contributed by atoms with van der Waals surface area (Å²) in [7, 11) is -2.43. The first kappa shape index (κ1) is 19.1. The number of nitrogens with two attached hydrogens (primary N) is 1. The third-order valence-electron chi connectivity index (χ3n) is 5.53. The van der Waals surface area contributed by atoms with Gasteiger partial charge in [-0.05, 0) is 23.1 Å². The zero-order valence-corrected chi connectivity index (χ0v) is 16.8. The maximum atomic E-state index is 13.4. The zero-order chi connectivity index (χ0) is 19.5. The third kappa shape index (κ3) is 3.71. The number of rotatable bonds is 6. The van der Waals surface area contributed by atoms with Gasteiger partial charge in [0, 0.05) is 18.4 Å². The molecule has 0 bridgehead atoms. The van der Waals surface area contributed by atoms with Gasteiger partial charge < -0.3 is 15.0 Å². The Kier molecular flexibility index (Phi) is 5.50. The number of ether oxygens (including phenoxy) is 1. The molecule has 28 heavy (non-hydrogen) atoms. The van der Waals surface area contributed by atoms with Crippen molar-refractivity contribution in [2.75, 3.05) is 18.7 Å². The SMILES string of the molecule is N[C@@H]1CCP(=O)(COC(c2ccccc2)(c2ccccc2)c2ccccc2)C1. The molecule has 4 rings (SSSR count). The van der Waals surface area contributed by atoms with Crippen LogP contribution in [0.1, 0.15) is 23.1 Å². The second-order valence-electron chi connectivity index (χ2n) is 7.57. The largest absolute Gasteiger partial charge is 0.353 e. The van der Waals surface area contributed by atoms with E-state index in [1.807, 2.05) is 54.6 Å².